The van der Waals surface area contributed by atoms with E-state index in [0.717, 1.165) is 33.9 Å². The summed E-state index contributed by atoms with van der Waals surface area (Å²) in [6, 6.07) is 61.5. The van der Waals surface area contributed by atoms with Gasteiger partial charge in [0.15, 0.2) is 0 Å². The molecule has 0 fully saturated rings. The predicted octanol–water partition coefficient (Wildman–Crippen LogP) is 13.6. The van der Waals surface area contributed by atoms with Crippen molar-refractivity contribution in [2.24, 2.45) is 0 Å². The van der Waals surface area contributed by atoms with Gasteiger partial charge in [0, 0.05) is 44.5 Å². The molecule has 1 aromatic heterocycles. The largest absolute Gasteiger partial charge is 0.310 e. The molecule has 7 aromatic carbocycles. The molecule has 0 bridgehead atoms. The number of hydrogen-bond donors (Lipinski definition) is 0. The molecule has 2 heteroatoms. The second-order valence-corrected chi connectivity index (χ2v) is 14.7. The molecular formula is C52H38N2. The van der Waals surface area contributed by atoms with Crippen molar-refractivity contribution in [1.82, 2.24) is 4.57 Å². The van der Waals surface area contributed by atoms with Crippen LogP contribution >= 0.6 is 0 Å². The molecule has 0 aliphatic heterocycles. The van der Waals surface area contributed by atoms with Gasteiger partial charge < -0.3 is 9.47 Å². The van der Waals surface area contributed by atoms with Crippen LogP contribution in [0.5, 0.6) is 0 Å². The Balaban J connectivity index is 1.05. The summed E-state index contributed by atoms with van der Waals surface area (Å²) in [5.74, 6) is 0. The minimum atomic E-state index is -0.102. The molecule has 256 valence electrons. The van der Waals surface area contributed by atoms with Crippen molar-refractivity contribution in [3.05, 3.63) is 222 Å². The van der Waals surface area contributed by atoms with Crippen molar-refractivity contribution >= 4 is 38.8 Å². The molecular weight excluding hydrogens is 653 g/mol. The van der Waals surface area contributed by atoms with Gasteiger partial charge in [0.25, 0.3) is 0 Å². The predicted molar refractivity (Wildman–Crippen MR) is 228 cm³/mol. The summed E-state index contributed by atoms with van der Waals surface area (Å²) in [4.78, 5) is 2.38. The normalized spacial score (nSPS) is 14.0. The van der Waals surface area contributed by atoms with Gasteiger partial charge in [0.05, 0.1) is 11.0 Å². The van der Waals surface area contributed by atoms with E-state index in [2.05, 4.69) is 223 Å². The van der Waals surface area contributed by atoms with Crippen molar-refractivity contribution in [1.29, 1.82) is 0 Å². The molecule has 1 heterocycles. The second-order valence-electron chi connectivity index (χ2n) is 14.7. The van der Waals surface area contributed by atoms with E-state index >= 15 is 0 Å². The minimum absolute atomic E-state index is 0.102. The van der Waals surface area contributed by atoms with Gasteiger partial charge >= 0.3 is 0 Å². The summed E-state index contributed by atoms with van der Waals surface area (Å²) in [6.07, 6.45) is 8.70. The zero-order valence-electron chi connectivity index (χ0n) is 30.4. The maximum atomic E-state index is 3.63. The standard InChI is InChI=1S/C52H38N2/c1-52(2)48-22-11-9-20-44(48)45-32-31-43(35-49(45)52)53(42-29-25-38(26-30-42)36-14-5-3-6-15-36)41-19-13-16-37(24-28-41)39-27-33-51-47(34-39)46-21-10-12-23-50(46)54(51)40-17-7-4-8-18-40/h3-15,17-35H,1-2H3. The first-order valence-electron chi connectivity index (χ1n) is 18.7. The average molecular weight is 691 g/mol. The molecule has 0 N–H and O–H groups in total. The van der Waals surface area contributed by atoms with Gasteiger partial charge in [-0.1, -0.05) is 129 Å². The third kappa shape index (κ3) is 5.19. The Kier molecular flexibility index (Phi) is 7.47. The van der Waals surface area contributed by atoms with E-state index in [1.807, 2.05) is 0 Å². The average Bonchev–Trinajstić information content (AvgIpc) is 3.53. The summed E-state index contributed by atoms with van der Waals surface area (Å²) in [7, 11) is 0. The van der Waals surface area contributed by atoms with Crippen LogP contribution in [0.25, 0.3) is 55.3 Å². The number of benzene rings is 7. The van der Waals surface area contributed by atoms with Crippen LogP contribution in [0.2, 0.25) is 0 Å². The van der Waals surface area contributed by atoms with Crippen LogP contribution in [0.3, 0.4) is 0 Å². The zero-order valence-corrected chi connectivity index (χ0v) is 30.4. The molecule has 2 aliphatic rings. The summed E-state index contributed by atoms with van der Waals surface area (Å²) in [5.41, 5.74) is 20.4. The number of anilines is 2. The van der Waals surface area contributed by atoms with E-state index in [9.17, 15) is 0 Å². The Morgan fingerprint density at radius 3 is 1.98 bits per heavy atom. The number of fused-ring (bicyclic) bond motifs is 6. The van der Waals surface area contributed by atoms with Crippen LogP contribution in [0, 0.1) is 0 Å². The fourth-order valence-corrected chi connectivity index (χ4v) is 8.53. The van der Waals surface area contributed by atoms with E-state index in [1.165, 1.54) is 55.2 Å². The van der Waals surface area contributed by atoms with Crippen molar-refractivity contribution in [2.75, 3.05) is 4.90 Å². The van der Waals surface area contributed by atoms with Gasteiger partial charge in [-0.2, -0.15) is 0 Å². The summed E-state index contributed by atoms with van der Waals surface area (Å²) < 4.78 is 2.36. The van der Waals surface area contributed by atoms with Crippen LogP contribution in [0.15, 0.2) is 206 Å². The topological polar surface area (TPSA) is 8.17 Å². The second kappa shape index (κ2) is 12.7. The van der Waals surface area contributed by atoms with E-state index < -0.39 is 0 Å². The molecule has 0 atom stereocenters. The Bertz CT molecular complexity index is 2860. The fourth-order valence-electron chi connectivity index (χ4n) is 8.53. The molecule has 0 spiro atoms. The van der Waals surface area contributed by atoms with Crippen molar-refractivity contribution in [2.45, 2.75) is 19.3 Å². The Hall–Kier alpha value is -6.86. The molecule has 54 heavy (non-hydrogen) atoms. The fraction of sp³-hybridized carbons (Fsp3) is 0.0577. The SMILES string of the molecule is CC1(C)c2ccccc2-c2ccc(N(C3=CC=C=C(c4ccc5c(c4)c4ccccc4n5-c4ccccc4)C=C3)c3ccc(-c4ccccc4)cc3)cc21. The number of nitrogens with zero attached hydrogens (tertiary/aromatic N) is 2. The van der Waals surface area contributed by atoms with Crippen molar-refractivity contribution in [3.8, 4) is 27.9 Å². The summed E-state index contributed by atoms with van der Waals surface area (Å²) in [5, 5.41) is 2.47. The highest BCUT2D eigenvalue weighted by Crippen LogP contribution is 2.50. The van der Waals surface area contributed by atoms with Crippen LogP contribution < -0.4 is 4.90 Å². The third-order valence-electron chi connectivity index (χ3n) is 11.2. The van der Waals surface area contributed by atoms with Crippen LogP contribution in [0.1, 0.15) is 30.5 Å². The van der Waals surface area contributed by atoms with Crippen molar-refractivity contribution < 1.29 is 0 Å². The molecule has 0 radical (unpaired) electrons. The first-order chi connectivity index (χ1) is 26.5. The molecule has 0 amide bonds. The highest BCUT2D eigenvalue weighted by Gasteiger charge is 2.35. The number of aromatic nitrogens is 1. The van der Waals surface area contributed by atoms with Crippen LogP contribution in [-0.4, -0.2) is 4.57 Å². The van der Waals surface area contributed by atoms with Gasteiger partial charge in [-0.05, 0) is 118 Å². The number of rotatable bonds is 6. The van der Waals surface area contributed by atoms with E-state index in [0.29, 0.717) is 0 Å². The van der Waals surface area contributed by atoms with E-state index in [4.69, 9.17) is 0 Å². The van der Waals surface area contributed by atoms with Crippen molar-refractivity contribution in [3.63, 3.8) is 0 Å². The maximum Gasteiger partial charge on any atom is 0.0541 e. The van der Waals surface area contributed by atoms with Crippen LogP contribution in [-0.2, 0) is 5.41 Å². The zero-order chi connectivity index (χ0) is 36.2. The Morgan fingerprint density at radius 2 is 1.15 bits per heavy atom. The van der Waals surface area contributed by atoms with Gasteiger partial charge in [0.1, 0.15) is 0 Å². The van der Waals surface area contributed by atoms with Gasteiger partial charge in [-0.25, -0.2) is 0 Å². The molecule has 8 aromatic rings. The molecule has 10 rings (SSSR count). The van der Waals surface area contributed by atoms with Crippen LogP contribution in [0.4, 0.5) is 11.4 Å². The van der Waals surface area contributed by atoms with E-state index in [1.54, 1.807) is 0 Å². The van der Waals surface area contributed by atoms with E-state index in [-0.39, 0.29) is 5.41 Å². The number of para-hydroxylation sites is 2. The number of hydrogen-bond acceptors (Lipinski definition) is 1. The first-order valence-corrected chi connectivity index (χ1v) is 18.7. The Morgan fingerprint density at radius 1 is 0.500 bits per heavy atom. The lowest BCUT2D eigenvalue weighted by Crippen LogP contribution is -2.18. The lowest BCUT2D eigenvalue weighted by molar-refractivity contribution is 0.660. The molecule has 0 unspecified atom stereocenters. The first kappa shape index (κ1) is 31.8. The third-order valence-corrected chi connectivity index (χ3v) is 11.2. The van der Waals surface area contributed by atoms with Gasteiger partial charge in [-0.15, -0.1) is 5.73 Å². The minimum Gasteiger partial charge on any atom is -0.310 e. The highest BCUT2D eigenvalue weighted by molar-refractivity contribution is 6.10. The molecule has 2 aliphatic carbocycles. The quantitative estimate of drug-likeness (QED) is 0.158. The van der Waals surface area contributed by atoms with Gasteiger partial charge in [0.2, 0.25) is 0 Å². The summed E-state index contributed by atoms with van der Waals surface area (Å²) in [6.45, 7) is 4.69. The van der Waals surface area contributed by atoms with Gasteiger partial charge in [-0.3, -0.25) is 0 Å². The lowest BCUT2D eigenvalue weighted by atomic mass is 9.82. The smallest absolute Gasteiger partial charge is 0.0541 e. The Labute approximate surface area is 316 Å². The summed E-state index contributed by atoms with van der Waals surface area (Å²) >= 11 is 0. The number of allylic oxidation sites excluding steroid dienone is 4. The maximum absolute atomic E-state index is 3.63. The molecule has 0 saturated carbocycles. The molecule has 2 nitrogen and oxygen atoms in total. The highest BCUT2D eigenvalue weighted by atomic mass is 15.1. The lowest BCUT2D eigenvalue weighted by Gasteiger charge is -2.29. The monoisotopic (exact) mass is 690 g/mol. The molecule has 0 saturated heterocycles.